The Morgan fingerprint density at radius 2 is 1.96 bits per heavy atom. The first kappa shape index (κ1) is 14.4. The van der Waals surface area contributed by atoms with Crippen LogP contribution in [0.4, 0.5) is 17.2 Å². The molecule has 0 amide bonds. The average Bonchev–Trinajstić information content (AvgIpc) is 3.12. The Labute approximate surface area is 142 Å². The van der Waals surface area contributed by atoms with Crippen LogP contribution in [0.2, 0.25) is 0 Å². The van der Waals surface area contributed by atoms with Gasteiger partial charge in [0.2, 0.25) is 5.88 Å². The third kappa shape index (κ3) is 2.72. The third-order valence-corrected chi connectivity index (χ3v) is 3.81. The summed E-state index contributed by atoms with van der Waals surface area (Å²) in [4.78, 5) is 14.2. The number of aliphatic imine (C=N–C) groups is 1. The Kier molecular flexibility index (Phi) is 3.47. The van der Waals surface area contributed by atoms with Gasteiger partial charge in [-0.2, -0.15) is 0 Å². The highest BCUT2D eigenvalue weighted by Gasteiger charge is 2.15. The predicted octanol–water partition coefficient (Wildman–Crippen LogP) is 4.17. The lowest BCUT2D eigenvalue weighted by Gasteiger charge is -2.07. The van der Waals surface area contributed by atoms with E-state index in [1.807, 2.05) is 36.4 Å². The van der Waals surface area contributed by atoms with Gasteiger partial charge >= 0.3 is 0 Å². The molecule has 4 N–H and O–H groups in total. The lowest BCUT2D eigenvalue weighted by atomic mass is 10.1. The van der Waals surface area contributed by atoms with Gasteiger partial charge in [0.05, 0.1) is 11.9 Å². The molecule has 6 nitrogen and oxygen atoms in total. The van der Waals surface area contributed by atoms with E-state index in [4.69, 9.17) is 12.2 Å². The summed E-state index contributed by atoms with van der Waals surface area (Å²) in [5.74, 6) is 0.648. The molecule has 24 heavy (non-hydrogen) atoms. The zero-order valence-corrected chi connectivity index (χ0v) is 13.3. The molecule has 1 aliphatic heterocycles. The second-order valence-electron chi connectivity index (χ2n) is 5.29. The number of aromatic nitrogens is 3. The first-order chi connectivity index (χ1) is 11.7. The van der Waals surface area contributed by atoms with Crippen LogP contribution in [-0.2, 0) is 0 Å². The number of imidazole rings is 1. The predicted molar refractivity (Wildman–Crippen MR) is 97.6 cm³/mol. The highest BCUT2D eigenvalue weighted by Crippen LogP contribution is 2.33. The number of H-pyrrole nitrogens is 2. The fourth-order valence-electron chi connectivity index (χ4n) is 2.49. The summed E-state index contributed by atoms with van der Waals surface area (Å²) in [7, 11) is 0. The fraction of sp³-hybridized carbons (Fsp3) is 0. The lowest BCUT2D eigenvalue weighted by molar-refractivity contribution is 0.455. The summed E-state index contributed by atoms with van der Waals surface area (Å²) in [6.07, 6.45) is 5.24. The van der Waals surface area contributed by atoms with E-state index in [-0.39, 0.29) is 5.88 Å². The number of nitrogens with one attached hydrogen (secondary N) is 3. The summed E-state index contributed by atoms with van der Waals surface area (Å²) < 4.78 is 0.368. The minimum absolute atomic E-state index is 0.000810. The largest absolute Gasteiger partial charge is 0.493 e. The van der Waals surface area contributed by atoms with Crippen LogP contribution in [0, 0.1) is 4.77 Å². The van der Waals surface area contributed by atoms with Gasteiger partial charge < -0.3 is 20.4 Å². The molecule has 1 aromatic carbocycles. The Bertz CT molecular complexity index is 1020. The molecule has 3 heterocycles. The van der Waals surface area contributed by atoms with Crippen LogP contribution in [0.1, 0.15) is 11.3 Å². The lowest BCUT2D eigenvalue weighted by Crippen LogP contribution is -1.92. The minimum Gasteiger partial charge on any atom is -0.493 e. The standard InChI is InChI=1S/C17H13N5OS/c23-16-14(21-17(24)22-16)6-10-8-18-15-13(10)7-12(9-19-15)20-11-4-2-1-3-5-11/h1-9,20,23H,(H2,21,22,24)/b10-6+. The summed E-state index contributed by atoms with van der Waals surface area (Å²) in [6.45, 7) is 0. The van der Waals surface area contributed by atoms with Crippen LogP contribution < -0.4 is 5.32 Å². The molecule has 0 saturated heterocycles. The minimum atomic E-state index is 0.000810. The number of hydrogen-bond donors (Lipinski definition) is 4. The molecule has 7 heteroatoms. The maximum Gasteiger partial charge on any atom is 0.215 e. The van der Waals surface area contributed by atoms with Crippen molar-refractivity contribution in [2.75, 3.05) is 5.32 Å². The number of anilines is 2. The van der Waals surface area contributed by atoms with E-state index >= 15 is 0 Å². The Hall–Kier alpha value is -3.19. The van der Waals surface area contributed by atoms with Crippen LogP contribution >= 0.6 is 12.2 Å². The van der Waals surface area contributed by atoms with E-state index in [0.29, 0.717) is 16.3 Å². The van der Waals surface area contributed by atoms with Crippen molar-refractivity contribution in [1.82, 2.24) is 15.0 Å². The topological polar surface area (TPSA) is 89.1 Å². The van der Waals surface area contributed by atoms with Crippen molar-refractivity contribution in [3.05, 3.63) is 58.6 Å². The van der Waals surface area contributed by atoms with Crippen molar-refractivity contribution < 1.29 is 5.11 Å². The number of fused-ring (bicyclic) bond motifs is 1. The van der Waals surface area contributed by atoms with Crippen molar-refractivity contribution in [3.8, 4) is 5.88 Å². The SMILES string of the molecule is Oc1[nH]c(=S)[nH]c1/C=C1\C=Nc2ncc(Nc3ccccc3)cc21. The number of nitrogens with zero attached hydrogens (tertiary/aromatic N) is 2. The molecule has 0 saturated carbocycles. The van der Waals surface area contributed by atoms with E-state index in [9.17, 15) is 5.11 Å². The zero-order chi connectivity index (χ0) is 16.5. The van der Waals surface area contributed by atoms with Crippen molar-refractivity contribution >= 4 is 47.3 Å². The summed E-state index contributed by atoms with van der Waals surface area (Å²) >= 11 is 4.98. The summed E-state index contributed by atoms with van der Waals surface area (Å²) in [5.41, 5.74) is 4.08. The summed E-state index contributed by atoms with van der Waals surface area (Å²) in [6, 6.07) is 11.8. The van der Waals surface area contributed by atoms with Gasteiger partial charge in [0.1, 0.15) is 5.69 Å². The number of allylic oxidation sites excluding steroid dienone is 1. The van der Waals surface area contributed by atoms with E-state index in [1.54, 1.807) is 18.5 Å². The highest BCUT2D eigenvalue weighted by atomic mass is 32.1. The molecule has 2 aromatic heterocycles. The second-order valence-corrected chi connectivity index (χ2v) is 5.69. The molecular formula is C17H13N5OS. The fourth-order valence-corrected chi connectivity index (χ4v) is 2.70. The van der Waals surface area contributed by atoms with Crippen LogP contribution in [-0.4, -0.2) is 26.3 Å². The molecule has 0 radical (unpaired) electrons. The molecule has 0 atom stereocenters. The molecule has 0 fully saturated rings. The quantitative estimate of drug-likeness (QED) is 0.541. The first-order valence-electron chi connectivity index (χ1n) is 7.28. The molecule has 0 spiro atoms. The number of benzene rings is 1. The molecular weight excluding hydrogens is 322 g/mol. The number of rotatable bonds is 3. The molecule has 0 unspecified atom stereocenters. The molecule has 0 aliphatic carbocycles. The number of para-hydroxylation sites is 1. The summed E-state index contributed by atoms with van der Waals surface area (Å²) in [5, 5.41) is 13.1. The third-order valence-electron chi connectivity index (χ3n) is 3.60. The Morgan fingerprint density at radius 3 is 2.71 bits per heavy atom. The Balaban J connectivity index is 1.69. The zero-order valence-electron chi connectivity index (χ0n) is 12.4. The van der Waals surface area contributed by atoms with E-state index in [0.717, 1.165) is 22.5 Å². The molecule has 4 rings (SSSR count). The van der Waals surface area contributed by atoms with Gasteiger partial charge in [0.25, 0.3) is 0 Å². The van der Waals surface area contributed by atoms with Gasteiger partial charge in [-0.25, -0.2) is 9.98 Å². The smallest absolute Gasteiger partial charge is 0.215 e. The van der Waals surface area contributed by atoms with Crippen molar-refractivity contribution in [2.24, 2.45) is 4.99 Å². The number of aromatic amines is 2. The van der Waals surface area contributed by atoms with E-state index in [1.165, 1.54) is 0 Å². The molecule has 118 valence electrons. The van der Waals surface area contributed by atoms with Gasteiger partial charge in [-0.05, 0) is 36.5 Å². The van der Waals surface area contributed by atoms with E-state index < -0.39 is 0 Å². The highest BCUT2D eigenvalue weighted by molar-refractivity contribution is 7.71. The van der Waals surface area contributed by atoms with Crippen LogP contribution in [0.15, 0.2) is 47.6 Å². The van der Waals surface area contributed by atoms with Gasteiger partial charge in [0.15, 0.2) is 10.6 Å². The van der Waals surface area contributed by atoms with E-state index in [2.05, 4.69) is 25.3 Å². The van der Waals surface area contributed by atoms with Gasteiger partial charge in [-0.15, -0.1) is 0 Å². The van der Waals surface area contributed by atoms with Gasteiger partial charge in [-0.3, -0.25) is 0 Å². The molecule has 3 aromatic rings. The van der Waals surface area contributed by atoms with Crippen LogP contribution in [0.5, 0.6) is 5.88 Å². The number of aromatic hydroxyl groups is 1. The van der Waals surface area contributed by atoms with Crippen molar-refractivity contribution in [2.45, 2.75) is 0 Å². The first-order valence-corrected chi connectivity index (χ1v) is 7.69. The van der Waals surface area contributed by atoms with Crippen LogP contribution in [0.25, 0.3) is 11.6 Å². The van der Waals surface area contributed by atoms with Crippen molar-refractivity contribution in [1.29, 1.82) is 0 Å². The van der Waals surface area contributed by atoms with Crippen molar-refractivity contribution in [3.63, 3.8) is 0 Å². The monoisotopic (exact) mass is 335 g/mol. The average molecular weight is 335 g/mol. The Morgan fingerprint density at radius 1 is 1.12 bits per heavy atom. The normalized spacial score (nSPS) is 14.1. The maximum atomic E-state index is 9.82. The second kappa shape index (κ2) is 5.78. The van der Waals surface area contributed by atoms with Gasteiger partial charge in [-0.1, -0.05) is 18.2 Å². The maximum absolute atomic E-state index is 9.82. The van der Waals surface area contributed by atoms with Crippen LogP contribution in [0.3, 0.4) is 0 Å². The number of pyridine rings is 1. The van der Waals surface area contributed by atoms with Gasteiger partial charge in [0, 0.05) is 23.0 Å². The molecule has 0 bridgehead atoms. The number of hydrogen-bond acceptors (Lipinski definition) is 5. The molecule has 1 aliphatic rings.